The molecule has 1 saturated heterocycles. The van der Waals surface area contributed by atoms with E-state index in [0.717, 1.165) is 25.9 Å². The second-order valence-corrected chi connectivity index (χ2v) is 5.21. The Morgan fingerprint density at radius 3 is 2.65 bits per heavy atom. The topological polar surface area (TPSA) is 64.4 Å². The van der Waals surface area contributed by atoms with Crippen LogP contribution in [0.1, 0.15) is 47.7 Å². The van der Waals surface area contributed by atoms with E-state index in [0.29, 0.717) is 18.2 Å². The van der Waals surface area contributed by atoms with Gasteiger partial charge in [0.2, 0.25) is 5.95 Å². The molecule has 1 aliphatic heterocycles. The van der Waals surface area contributed by atoms with Gasteiger partial charge in [0, 0.05) is 20.1 Å². The number of ether oxygens (including phenoxy) is 1. The smallest absolute Gasteiger partial charge is 0.357 e. The molecule has 1 aromatic heterocycles. The van der Waals surface area contributed by atoms with Crippen molar-refractivity contribution in [2.45, 2.75) is 26.7 Å². The molecule has 0 aliphatic carbocycles. The van der Waals surface area contributed by atoms with Crippen molar-refractivity contribution < 1.29 is 14.3 Å². The van der Waals surface area contributed by atoms with Crippen LogP contribution in [0.3, 0.4) is 0 Å². The maximum absolute atomic E-state index is 11.9. The van der Waals surface area contributed by atoms with Gasteiger partial charge in [-0.05, 0) is 25.7 Å². The van der Waals surface area contributed by atoms with E-state index in [2.05, 4.69) is 16.8 Å². The lowest BCUT2D eigenvalue weighted by Gasteiger charge is -2.31. The fourth-order valence-corrected chi connectivity index (χ4v) is 2.52. The van der Waals surface area contributed by atoms with Gasteiger partial charge in [-0.15, -0.1) is 0 Å². The summed E-state index contributed by atoms with van der Waals surface area (Å²) in [6.07, 6.45) is 2.80. The minimum absolute atomic E-state index is 0.152. The Balaban J connectivity index is 2.31. The minimum atomic E-state index is -0.499. The maximum atomic E-state index is 11.9. The Labute approximate surface area is 118 Å². The number of hydrogen-bond acceptors (Lipinski definition) is 5. The van der Waals surface area contributed by atoms with Crippen molar-refractivity contribution in [1.82, 2.24) is 9.55 Å². The molecule has 0 amide bonds. The van der Waals surface area contributed by atoms with E-state index in [9.17, 15) is 9.59 Å². The predicted molar refractivity (Wildman–Crippen MR) is 75.2 cm³/mol. The van der Waals surface area contributed by atoms with Crippen LogP contribution in [-0.4, -0.2) is 41.5 Å². The average molecular weight is 279 g/mol. The molecule has 20 heavy (non-hydrogen) atoms. The van der Waals surface area contributed by atoms with Gasteiger partial charge in [-0.3, -0.25) is 4.79 Å². The maximum Gasteiger partial charge on any atom is 0.357 e. The molecule has 0 bridgehead atoms. The zero-order valence-electron chi connectivity index (χ0n) is 12.3. The lowest BCUT2D eigenvalue weighted by atomic mass is 10.00. The van der Waals surface area contributed by atoms with Crippen molar-refractivity contribution in [2.24, 2.45) is 13.0 Å². The number of rotatable bonds is 4. The number of imidazole rings is 1. The average Bonchev–Trinajstić information content (AvgIpc) is 2.77. The van der Waals surface area contributed by atoms with Crippen LogP contribution in [0.5, 0.6) is 0 Å². The number of nitrogens with zero attached hydrogens (tertiary/aromatic N) is 3. The summed E-state index contributed by atoms with van der Waals surface area (Å²) >= 11 is 0. The Bertz CT molecular complexity index is 502. The van der Waals surface area contributed by atoms with Gasteiger partial charge in [0.05, 0.1) is 6.61 Å². The van der Waals surface area contributed by atoms with Crippen molar-refractivity contribution in [2.75, 3.05) is 24.6 Å². The molecule has 1 fully saturated rings. The third-order valence-electron chi connectivity index (χ3n) is 3.75. The Kier molecular flexibility index (Phi) is 4.42. The van der Waals surface area contributed by atoms with Gasteiger partial charge < -0.3 is 14.2 Å². The summed E-state index contributed by atoms with van der Waals surface area (Å²) in [5.41, 5.74) is 0.384. The fraction of sp³-hybridized carbons (Fsp3) is 0.643. The summed E-state index contributed by atoms with van der Waals surface area (Å²) in [6, 6.07) is 0. The highest BCUT2D eigenvalue weighted by Gasteiger charge is 2.26. The molecule has 1 aliphatic rings. The molecule has 2 rings (SSSR count). The van der Waals surface area contributed by atoms with Gasteiger partial charge >= 0.3 is 5.97 Å². The van der Waals surface area contributed by atoms with Crippen molar-refractivity contribution in [3.63, 3.8) is 0 Å². The molecule has 1 aromatic rings. The first-order valence-electron chi connectivity index (χ1n) is 7.02. The number of piperidine rings is 1. The third kappa shape index (κ3) is 2.69. The Morgan fingerprint density at radius 2 is 2.10 bits per heavy atom. The summed E-state index contributed by atoms with van der Waals surface area (Å²) in [6.45, 7) is 6.04. The Morgan fingerprint density at radius 1 is 1.45 bits per heavy atom. The predicted octanol–water partition coefficient (Wildman–Crippen LogP) is 1.65. The summed E-state index contributed by atoms with van der Waals surface area (Å²) in [4.78, 5) is 29.5. The van der Waals surface area contributed by atoms with Gasteiger partial charge in [0.15, 0.2) is 12.0 Å². The molecular formula is C14H21N3O3. The number of aromatic nitrogens is 2. The summed E-state index contributed by atoms with van der Waals surface area (Å²) < 4.78 is 6.66. The highest BCUT2D eigenvalue weighted by atomic mass is 16.5. The van der Waals surface area contributed by atoms with E-state index in [1.165, 1.54) is 0 Å². The second-order valence-electron chi connectivity index (χ2n) is 5.21. The zero-order valence-corrected chi connectivity index (χ0v) is 12.3. The lowest BCUT2D eigenvalue weighted by Crippen LogP contribution is -2.34. The quantitative estimate of drug-likeness (QED) is 0.619. The number of esters is 1. The summed E-state index contributed by atoms with van der Waals surface area (Å²) in [5.74, 6) is 0.880. The molecule has 0 saturated carbocycles. The van der Waals surface area contributed by atoms with E-state index < -0.39 is 5.97 Å². The molecular weight excluding hydrogens is 258 g/mol. The van der Waals surface area contributed by atoms with Crippen LogP contribution in [0.4, 0.5) is 5.95 Å². The van der Waals surface area contributed by atoms with Gasteiger partial charge in [0.1, 0.15) is 5.69 Å². The largest absolute Gasteiger partial charge is 0.461 e. The summed E-state index contributed by atoms with van der Waals surface area (Å²) in [7, 11) is 1.75. The molecule has 2 heterocycles. The fourth-order valence-electron chi connectivity index (χ4n) is 2.52. The van der Waals surface area contributed by atoms with Crippen LogP contribution in [0, 0.1) is 5.92 Å². The van der Waals surface area contributed by atoms with E-state index in [1.807, 2.05) is 0 Å². The van der Waals surface area contributed by atoms with Crippen molar-refractivity contribution >= 4 is 18.2 Å². The van der Waals surface area contributed by atoms with Gasteiger partial charge in [0.25, 0.3) is 0 Å². The highest BCUT2D eigenvalue weighted by Crippen LogP contribution is 2.24. The SMILES string of the molecule is CCOC(=O)c1c(C=O)nc(N2CCC(C)CC2)n1C. The van der Waals surface area contributed by atoms with E-state index in [1.54, 1.807) is 18.5 Å². The monoisotopic (exact) mass is 279 g/mol. The first kappa shape index (κ1) is 14.6. The van der Waals surface area contributed by atoms with Crippen LogP contribution in [0.25, 0.3) is 0 Å². The molecule has 0 aromatic carbocycles. The molecule has 0 unspecified atom stereocenters. The number of carbonyl (C=O) groups excluding carboxylic acids is 2. The van der Waals surface area contributed by atoms with E-state index in [4.69, 9.17) is 4.74 Å². The van der Waals surface area contributed by atoms with Crippen LogP contribution in [0.15, 0.2) is 0 Å². The molecule has 6 heteroatoms. The van der Waals surface area contributed by atoms with Crippen LogP contribution < -0.4 is 4.90 Å². The zero-order chi connectivity index (χ0) is 14.7. The van der Waals surface area contributed by atoms with Crippen molar-refractivity contribution in [1.29, 1.82) is 0 Å². The number of carbonyl (C=O) groups is 2. The molecule has 0 atom stereocenters. The molecule has 110 valence electrons. The number of aldehydes is 1. The first-order chi connectivity index (χ1) is 9.58. The normalized spacial score (nSPS) is 16.2. The van der Waals surface area contributed by atoms with Gasteiger partial charge in [-0.25, -0.2) is 9.78 Å². The Hall–Kier alpha value is -1.85. The molecule has 0 N–H and O–H groups in total. The van der Waals surface area contributed by atoms with Crippen LogP contribution in [-0.2, 0) is 11.8 Å². The standard InChI is InChI=1S/C14H21N3O3/c1-4-20-13(19)12-11(9-18)15-14(16(12)3)17-7-5-10(2)6-8-17/h9-10H,4-8H2,1-3H3. The van der Waals surface area contributed by atoms with E-state index >= 15 is 0 Å². The van der Waals surface area contributed by atoms with Crippen molar-refractivity contribution in [3.05, 3.63) is 11.4 Å². The lowest BCUT2D eigenvalue weighted by molar-refractivity contribution is 0.0513. The molecule has 0 radical (unpaired) electrons. The number of hydrogen-bond donors (Lipinski definition) is 0. The van der Waals surface area contributed by atoms with Gasteiger partial charge in [-0.2, -0.15) is 0 Å². The van der Waals surface area contributed by atoms with Crippen molar-refractivity contribution in [3.8, 4) is 0 Å². The number of anilines is 1. The second kappa shape index (κ2) is 6.07. The summed E-state index contributed by atoms with van der Waals surface area (Å²) in [5, 5.41) is 0. The van der Waals surface area contributed by atoms with Crippen LogP contribution >= 0.6 is 0 Å². The van der Waals surface area contributed by atoms with E-state index in [-0.39, 0.29) is 18.0 Å². The van der Waals surface area contributed by atoms with Gasteiger partial charge in [-0.1, -0.05) is 6.92 Å². The highest BCUT2D eigenvalue weighted by molar-refractivity contribution is 5.96. The first-order valence-corrected chi connectivity index (χ1v) is 7.02. The molecule has 6 nitrogen and oxygen atoms in total. The molecule has 0 spiro atoms. The minimum Gasteiger partial charge on any atom is -0.461 e. The van der Waals surface area contributed by atoms with Crippen LogP contribution in [0.2, 0.25) is 0 Å². The third-order valence-corrected chi connectivity index (χ3v) is 3.75.